The van der Waals surface area contributed by atoms with Gasteiger partial charge in [0.15, 0.2) is 0 Å². The second-order valence-corrected chi connectivity index (χ2v) is 3.72. The van der Waals surface area contributed by atoms with E-state index in [1.807, 2.05) is 30.3 Å². The number of hydrogen-bond acceptors (Lipinski definition) is 2. The van der Waals surface area contributed by atoms with Gasteiger partial charge in [0.05, 0.1) is 5.69 Å². The van der Waals surface area contributed by atoms with Crippen LogP contribution in [0.25, 0.3) is 11.3 Å². The molecule has 1 aromatic carbocycles. The van der Waals surface area contributed by atoms with E-state index in [4.69, 9.17) is 5.11 Å². The van der Waals surface area contributed by atoms with E-state index in [0.717, 1.165) is 28.9 Å². The maximum absolute atomic E-state index is 9.09. The van der Waals surface area contributed by atoms with Gasteiger partial charge in [0.1, 0.15) is 0 Å². The Morgan fingerprint density at radius 3 is 2.62 bits per heavy atom. The number of aliphatic hydroxyl groups excluding tert-OH is 1. The van der Waals surface area contributed by atoms with Crippen molar-refractivity contribution in [3.63, 3.8) is 0 Å². The molecular weight excluding hydrogens is 200 g/mol. The van der Waals surface area contributed by atoms with Crippen LogP contribution < -0.4 is 0 Å². The van der Waals surface area contributed by atoms with Crippen LogP contribution in [0.1, 0.15) is 18.2 Å². The second-order valence-electron chi connectivity index (χ2n) is 3.72. The normalized spacial score (nSPS) is 10.6. The van der Waals surface area contributed by atoms with Crippen molar-refractivity contribution in [2.45, 2.75) is 19.8 Å². The third kappa shape index (κ3) is 1.99. The number of rotatable bonds is 4. The van der Waals surface area contributed by atoms with Crippen LogP contribution in [0.2, 0.25) is 0 Å². The van der Waals surface area contributed by atoms with Gasteiger partial charge in [-0.15, -0.1) is 0 Å². The first kappa shape index (κ1) is 10.9. The van der Waals surface area contributed by atoms with Crippen molar-refractivity contribution < 1.29 is 5.11 Å². The van der Waals surface area contributed by atoms with Crippen LogP contribution in [0.4, 0.5) is 0 Å². The molecule has 0 unspecified atom stereocenters. The first-order valence-electron chi connectivity index (χ1n) is 5.59. The first-order chi connectivity index (χ1) is 7.86. The molecule has 16 heavy (non-hydrogen) atoms. The van der Waals surface area contributed by atoms with Crippen LogP contribution >= 0.6 is 0 Å². The van der Waals surface area contributed by atoms with Gasteiger partial charge in [-0.25, -0.2) is 0 Å². The molecule has 1 aromatic heterocycles. The molecule has 0 aliphatic heterocycles. The number of aryl methyl sites for hydroxylation is 1. The molecule has 0 aliphatic carbocycles. The lowest BCUT2D eigenvalue weighted by atomic mass is 10.0. The summed E-state index contributed by atoms with van der Waals surface area (Å²) in [7, 11) is 0. The van der Waals surface area contributed by atoms with E-state index in [9.17, 15) is 0 Å². The van der Waals surface area contributed by atoms with Crippen molar-refractivity contribution in [1.82, 2.24) is 10.2 Å². The summed E-state index contributed by atoms with van der Waals surface area (Å²) in [4.78, 5) is 0. The zero-order valence-electron chi connectivity index (χ0n) is 9.40. The summed E-state index contributed by atoms with van der Waals surface area (Å²) < 4.78 is 0. The molecule has 2 aromatic rings. The van der Waals surface area contributed by atoms with E-state index in [1.165, 1.54) is 0 Å². The van der Waals surface area contributed by atoms with Gasteiger partial charge in [-0.2, -0.15) is 5.10 Å². The average Bonchev–Trinajstić information content (AvgIpc) is 2.74. The van der Waals surface area contributed by atoms with Crippen molar-refractivity contribution in [2.75, 3.05) is 6.61 Å². The monoisotopic (exact) mass is 216 g/mol. The van der Waals surface area contributed by atoms with Crippen LogP contribution in [0.5, 0.6) is 0 Å². The minimum atomic E-state index is 0.159. The highest BCUT2D eigenvalue weighted by atomic mass is 16.2. The van der Waals surface area contributed by atoms with Crippen LogP contribution in [0, 0.1) is 0 Å². The molecule has 0 saturated heterocycles. The molecule has 0 amide bonds. The zero-order chi connectivity index (χ0) is 11.4. The molecule has 1 heterocycles. The minimum Gasteiger partial charge on any atom is -0.396 e. The Morgan fingerprint density at radius 2 is 2.00 bits per heavy atom. The quantitative estimate of drug-likeness (QED) is 0.823. The van der Waals surface area contributed by atoms with E-state index in [0.29, 0.717) is 6.42 Å². The van der Waals surface area contributed by atoms with E-state index in [1.54, 1.807) is 0 Å². The molecule has 3 heteroatoms. The summed E-state index contributed by atoms with van der Waals surface area (Å²) in [6, 6.07) is 10.1. The molecule has 0 atom stereocenters. The predicted octanol–water partition coefficient (Wildman–Crippen LogP) is 2.17. The van der Waals surface area contributed by atoms with E-state index >= 15 is 0 Å². The number of benzene rings is 1. The molecule has 0 spiro atoms. The second kappa shape index (κ2) is 4.94. The Hall–Kier alpha value is -1.61. The third-order valence-electron chi connectivity index (χ3n) is 2.72. The molecule has 2 rings (SSSR count). The van der Waals surface area contributed by atoms with Gasteiger partial charge in [0.2, 0.25) is 0 Å². The number of hydrogen-bond donors (Lipinski definition) is 2. The highest BCUT2D eigenvalue weighted by Crippen LogP contribution is 2.24. The van der Waals surface area contributed by atoms with Gasteiger partial charge in [0.25, 0.3) is 0 Å². The number of nitrogens with one attached hydrogen (secondary N) is 1. The van der Waals surface area contributed by atoms with Crippen molar-refractivity contribution in [3.8, 4) is 11.3 Å². The van der Waals surface area contributed by atoms with E-state index in [-0.39, 0.29) is 6.61 Å². The van der Waals surface area contributed by atoms with E-state index < -0.39 is 0 Å². The number of nitrogens with zero attached hydrogens (tertiary/aromatic N) is 1. The topological polar surface area (TPSA) is 48.9 Å². The summed E-state index contributed by atoms with van der Waals surface area (Å²) in [5, 5.41) is 16.5. The minimum absolute atomic E-state index is 0.159. The van der Waals surface area contributed by atoms with Crippen LogP contribution in [-0.2, 0) is 12.8 Å². The van der Waals surface area contributed by atoms with Crippen LogP contribution in [0.3, 0.4) is 0 Å². The van der Waals surface area contributed by atoms with Crippen molar-refractivity contribution in [3.05, 3.63) is 41.6 Å². The molecule has 3 nitrogen and oxygen atoms in total. The summed E-state index contributed by atoms with van der Waals surface area (Å²) in [5.41, 5.74) is 4.32. The summed E-state index contributed by atoms with van der Waals surface area (Å²) in [5.74, 6) is 0. The maximum atomic E-state index is 9.09. The SMILES string of the molecule is CCc1[nH]nc(-c2ccccc2)c1CCO. The van der Waals surface area contributed by atoms with E-state index in [2.05, 4.69) is 17.1 Å². The number of aromatic nitrogens is 2. The average molecular weight is 216 g/mol. The summed E-state index contributed by atoms with van der Waals surface area (Å²) in [6.07, 6.45) is 1.57. The molecule has 0 aliphatic rings. The van der Waals surface area contributed by atoms with Gasteiger partial charge in [0, 0.05) is 23.4 Å². The number of aliphatic hydroxyl groups is 1. The zero-order valence-corrected chi connectivity index (χ0v) is 9.40. The number of aromatic amines is 1. The highest BCUT2D eigenvalue weighted by molar-refractivity contribution is 5.63. The first-order valence-corrected chi connectivity index (χ1v) is 5.59. The van der Waals surface area contributed by atoms with Gasteiger partial charge in [-0.05, 0) is 12.8 Å². The Kier molecular flexibility index (Phi) is 3.37. The molecular formula is C13H16N2O. The molecule has 0 fully saturated rings. The van der Waals surface area contributed by atoms with Crippen LogP contribution in [0.15, 0.2) is 30.3 Å². The molecule has 0 saturated carbocycles. The number of H-pyrrole nitrogens is 1. The molecule has 0 bridgehead atoms. The van der Waals surface area contributed by atoms with Gasteiger partial charge >= 0.3 is 0 Å². The largest absolute Gasteiger partial charge is 0.396 e. The van der Waals surface area contributed by atoms with Gasteiger partial charge in [-0.3, -0.25) is 5.10 Å². The standard InChI is InChI=1S/C13H16N2O/c1-2-12-11(8-9-16)13(15-14-12)10-6-4-3-5-7-10/h3-7,16H,2,8-9H2,1H3,(H,14,15). The fourth-order valence-electron chi connectivity index (χ4n) is 1.91. The summed E-state index contributed by atoms with van der Waals surface area (Å²) >= 11 is 0. The highest BCUT2D eigenvalue weighted by Gasteiger charge is 2.12. The predicted molar refractivity (Wildman–Crippen MR) is 64.2 cm³/mol. The van der Waals surface area contributed by atoms with Gasteiger partial charge in [-0.1, -0.05) is 37.3 Å². The van der Waals surface area contributed by atoms with Crippen molar-refractivity contribution in [2.24, 2.45) is 0 Å². The Balaban J connectivity index is 2.44. The van der Waals surface area contributed by atoms with Crippen molar-refractivity contribution >= 4 is 0 Å². The van der Waals surface area contributed by atoms with Crippen molar-refractivity contribution in [1.29, 1.82) is 0 Å². The fraction of sp³-hybridized carbons (Fsp3) is 0.308. The van der Waals surface area contributed by atoms with Gasteiger partial charge < -0.3 is 5.11 Å². The lowest BCUT2D eigenvalue weighted by Crippen LogP contribution is -1.96. The fourth-order valence-corrected chi connectivity index (χ4v) is 1.91. The van der Waals surface area contributed by atoms with Crippen LogP contribution in [-0.4, -0.2) is 21.9 Å². The smallest absolute Gasteiger partial charge is 0.0956 e. The Labute approximate surface area is 95.1 Å². The molecule has 84 valence electrons. The maximum Gasteiger partial charge on any atom is 0.0956 e. The lowest BCUT2D eigenvalue weighted by Gasteiger charge is -2.02. The summed E-state index contributed by atoms with van der Waals surface area (Å²) in [6.45, 7) is 2.25. The Morgan fingerprint density at radius 1 is 1.25 bits per heavy atom. The lowest BCUT2D eigenvalue weighted by molar-refractivity contribution is 0.299. The Bertz CT molecular complexity index is 448. The molecule has 0 radical (unpaired) electrons. The molecule has 2 N–H and O–H groups in total. The third-order valence-corrected chi connectivity index (χ3v) is 2.72.